The van der Waals surface area contributed by atoms with Gasteiger partial charge in [-0.15, -0.1) is 0 Å². The largest absolute Gasteiger partial charge is 0.480 e. The zero-order chi connectivity index (χ0) is 12.4. The number of rotatable bonds is 3. The number of carboxylic acids is 1. The number of aliphatic carboxylic acids is 1. The van der Waals surface area contributed by atoms with Crippen molar-refractivity contribution < 1.29 is 9.90 Å². The highest BCUT2D eigenvalue weighted by Crippen LogP contribution is 2.29. The van der Waals surface area contributed by atoms with E-state index in [-0.39, 0.29) is 0 Å². The summed E-state index contributed by atoms with van der Waals surface area (Å²) < 4.78 is 4.22. The Hall–Kier alpha value is -1.17. The average molecular weight is 255 g/mol. The predicted molar refractivity (Wildman–Crippen MR) is 66.5 cm³/mol. The molecule has 2 heterocycles. The molecule has 17 heavy (non-hydrogen) atoms. The smallest absolute Gasteiger partial charge is 0.326 e. The van der Waals surface area contributed by atoms with Crippen LogP contribution in [0.5, 0.6) is 0 Å². The van der Waals surface area contributed by atoms with Crippen molar-refractivity contribution in [1.82, 2.24) is 9.36 Å². The van der Waals surface area contributed by atoms with Crippen molar-refractivity contribution in [2.24, 2.45) is 5.92 Å². The Labute approximate surface area is 105 Å². The van der Waals surface area contributed by atoms with E-state index in [9.17, 15) is 9.90 Å². The highest BCUT2D eigenvalue weighted by molar-refractivity contribution is 7.09. The van der Waals surface area contributed by atoms with Crippen molar-refractivity contribution in [1.29, 1.82) is 0 Å². The maximum Gasteiger partial charge on any atom is 0.326 e. The number of piperidine rings is 1. The van der Waals surface area contributed by atoms with Gasteiger partial charge in [-0.1, -0.05) is 13.8 Å². The first-order valence-electron chi connectivity index (χ1n) is 5.93. The van der Waals surface area contributed by atoms with Crippen LogP contribution in [0.15, 0.2) is 0 Å². The van der Waals surface area contributed by atoms with Crippen molar-refractivity contribution in [2.75, 3.05) is 11.4 Å². The second-order valence-corrected chi connectivity index (χ2v) is 5.25. The normalized spacial score (nSPS) is 24.9. The molecule has 1 aromatic heterocycles. The minimum Gasteiger partial charge on any atom is -0.480 e. The third-order valence-corrected chi connectivity index (χ3v) is 3.96. The van der Waals surface area contributed by atoms with E-state index in [1.807, 2.05) is 11.8 Å². The van der Waals surface area contributed by atoms with Gasteiger partial charge in [0.25, 0.3) is 0 Å². The minimum absolute atomic E-state index is 0.448. The zero-order valence-electron chi connectivity index (χ0n) is 10.1. The molecule has 1 fully saturated rings. The van der Waals surface area contributed by atoms with Gasteiger partial charge in [-0.3, -0.25) is 0 Å². The van der Waals surface area contributed by atoms with Crippen molar-refractivity contribution >= 4 is 22.6 Å². The second kappa shape index (κ2) is 5.00. The van der Waals surface area contributed by atoms with E-state index < -0.39 is 12.0 Å². The lowest BCUT2D eigenvalue weighted by atomic mass is 9.93. The fourth-order valence-corrected chi connectivity index (χ4v) is 2.94. The Morgan fingerprint density at radius 1 is 1.65 bits per heavy atom. The monoisotopic (exact) mass is 255 g/mol. The lowest BCUT2D eigenvalue weighted by Gasteiger charge is -2.35. The summed E-state index contributed by atoms with van der Waals surface area (Å²) in [5, 5.41) is 10.0. The van der Waals surface area contributed by atoms with Crippen LogP contribution < -0.4 is 4.90 Å². The zero-order valence-corrected chi connectivity index (χ0v) is 10.9. The number of hydrogen-bond donors (Lipinski definition) is 1. The molecular formula is C11H17N3O2S. The summed E-state index contributed by atoms with van der Waals surface area (Å²) in [6.07, 6.45) is 2.50. The van der Waals surface area contributed by atoms with Gasteiger partial charge in [0.1, 0.15) is 11.9 Å². The van der Waals surface area contributed by atoms with Gasteiger partial charge in [-0.25, -0.2) is 9.78 Å². The molecule has 1 aliphatic heterocycles. The van der Waals surface area contributed by atoms with E-state index in [4.69, 9.17) is 0 Å². The predicted octanol–water partition coefficient (Wildman–Crippen LogP) is 1.79. The summed E-state index contributed by atoms with van der Waals surface area (Å²) in [6.45, 7) is 4.86. The molecule has 5 nitrogen and oxygen atoms in total. The van der Waals surface area contributed by atoms with E-state index in [1.54, 1.807) is 0 Å². The molecule has 94 valence electrons. The van der Waals surface area contributed by atoms with Crippen LogP contribution in [0, 0.1) is 5.92 Å². The van der Waals surface area contributed by atoms with E-state index >= 15 is 0 Å². The number of carboxylic acid groups (broad SMARTS) is 1. The first-order valence-corrected chi connectivity index (χ1v) is 6.71. The van der Waals surface area contributed by atoms with E-state index in [0.717, 1.165) is 30.3 Å². The van der Waals surface area contributed by atoms with Crippen LogP contribution in [-0.4, -0.2) is 33.0 Å². The van der Waals surface area contributed by atoms with Gasteiger partial charge < -0.3 is 10.0 Å². The summed E-state index contributed by atoms with van der Waals surface area (Å²) >= 11 is 1.30. The fourth-order valence-electron chi connectivity index (χ4n) is 2.11. The fraction of sp³-hybridized carbons (Fsp3) is 0.727. The highest BCUT2D eigenvalue weighted by Gasteiger charge is 2.33. The Balaban J connectivity index is 2.20. The SMILES string of the molecule is CCc1nsc(N2CCC(C)CC2C(=O)O)n1. The molecule has 1 aromatic rings. The van der Waals surface area contributed by atoms with E-state index in [2.05, 4.69) is 16.3 Å². The molecule has 1 saturated heterocycles. The Morgan fingerprint density at radius 3 is 3.00 bits per heavy atom. The van der Waals surface area contributed by atoms with Crippen LogP contribution in [0.4, 0.5) is 5.13 Å². The number of carbonyl (C=O) groups is 1. The molecule has 0 amide bonds. The maximum atomic E-state index is 11.3. The van der Waals surface area contributed by atoms with Gasteiger partial charge in [0, 0.05) is 24.5 Å². The Morgan fingerprint density at radius 2 is 2.41 bits per heavy atom. The van der Waals surface area contributed by atoms with Gasteiger partial charge in [0.15, 0.2) is 0 Å². The summed E-state index contributed by atoms with van der Waals surface area (Å²) in [7, 11) is 0. The van der Waals surface area contributed by atoms with Crippen LogP contribution in [0.2, 0.25) is 0 Å². The standard InChI is InChI=1S/C11H17N3O2S/c1-3-9-12-11(17-13-9)14-5-4-7(2)6-8(14)10(15)16/h7-8H,3-6H2,1-2H3,(H,15,16). The van der Waals surface area contributed by atoms with Crippen molar-refractivity contribution in [2.45, 2.75) is 39.2 Å². The molecule has 2 rings (SSSR count). The van der Waals surface area contributed by atoms with E-state index in [1.165, 1.54) is 11.5 Å². The van der Waals surface area contributed by atoms with Gasteiger partial charge in [-0.2, -0.15) is 4.37 Å². The quantitative estimate of drug-likeness (QED) is 0.892. The van der Waals surface area contributed by atoms with Gasteiger partial charge >= 0.3 is 5.97 Å². The van der Waals surface area contributed by atoms with Gasteiger partial charge in [-0.05, 0) is 18.8 Å². The van der Waals surface area contributed by atoms with Crippen LogP contribution in [0.3, 0.4) is 0 Å². The molecule has 6 heteroatoms. The molecule has 2 atom stereocenters. The molecule has 0 spiro atoms. The average Bonchev–Trinajstić information content (AvgIpc) is 2.77. The molecule has 1 N–H and O–H groups in total. The van der Waals surface area contributed by atoms with Crippen LogP contribution in [0.25, 0.3) is 0 Å². The number of aromatic nitrogens is 2. The first-order chi connectivity index (χ1) is 8.11. The lowest BCUT2D eigenvalue weighted by molar-refractivity contribution is -0.139. The maximum absolute atomic E-state index is 11.3. The molecule has 2 unspecified atom stereocenters. The van der Waals surface area contributed by atoms with Crippen LogP contribution >= 0.6 is 11.5 Å². The molecule has 0 aromatic carbocycles. The van der Waals surface area contributed by atoms with Crippen LogP contribution in [0.1, 0.15) is 32.5 Å². The Bertz CT molecular complexity index is 407. The summed E-state index contributed by atoms with van der Waals surface area (Å²) in [6, 6.07) is -0.448. The van der Waals surface area contributed by atoms with Crippen molar-refractivity contribution in [3.63, 3.8) is 0 Å². The number of anilines is 1. The molecule has 1 aliphatic rings. The lowest BCUT2D eigenvalue weighted by Crippen LogP contribution is -2.47. The third-order valence-electron chi connectivity index (χ3n) is 3.17. The molecular weight excluding hydrogens is 238 g/mol. The van der Waals surface area contributed by atoms with Crippen molar-refractivity contribution in [3.05, 3.63) is 5.82 Å². The number of aryl methyl sites for hydroxylation is 1. The topological polar surface area (TPSA) is 66.3 Å². The van der Waals surface area contributed by atoms with E-state index in [0.29, 0.717) is 12.3 Å². The minimum atomic E-state index is -0.759. The Kier molecular flexibility index (Phi) is 3.61. The van der Waals surface area contributed by atoms with Crippen LogP contribution in [-0.2, 0) is 11.2 Å². The summed E-state index contributed by atoms with van der Waals surface area (Å²) in [4.78, 5) is 17.5. The molecule has 0 bridgehead atoms. The summed E-state index contributed by atoms with van der Waals surface area (Å²) in [5.74, 6) is 0.503. The van der Waals surface area contributed by atoms with Gasteiger partial charge in [0.05, 0.1) is 0 Å². The highest BCUT2D eigenvalue weighted by atomic mass is 32.1. The molecule has 0 saturated carbocycles. The van der Waals surface area contributed by atoms with Crippen molar-refractivity contribution in [3.8, 4) is 0 Å². The summed E-state index contributed by atoms with van der Waals surface area (Å²) in [5.41, 5.74) is 0. The second-order valence-electron chi connectivity index (χ2n) is 4.52. The molecule has 0 radical (unpaired) electrons. The number of hydrogen-bond acceptors (Lipinski definition) is 5. The third kappa shape index (κ3) is 2.57. The van der Waals surface area contributed by atoms with Gasteiger partial charge in [0.2, 0.25) is 5.13 Å². The number of nitrogens with zero attached hydrogens (tertiary/aromatic N) is 3. The first kappa shape index (κ1) is 12.3. The molecule has 0 aliphatic carbocycles.